The first-order chi connectivity index (χ1) is 13.2. The van der Waals surface area contributed by atoms with Crippen LogP contribution >= 0.6 is 0 Å². The van der Waals surface area contributed by atoms with Crippen LogP contribution in [0.4, 0.5) is 5.82 Å². The number of nitrogens with one attached hydrogen (secondary N) is 2. The van der Waals surface area contributed by atoms with E-state index in [0.717, 1.165) is 56.7 Å². The van der Waals surface area contributed by atoms with Crippen LogP contribution in [0.5, 0.6) is 0 Å². The van der Waals surface area contributed by atoms with E-state index in [4.69, 9.17) is 4.98 Å². The van der Waals surface area contributed by atoms with Crippen molar-refractivity contribution in [2.45, 2.75) is 31.6 Å². The number of imide groups is 1. The lowest BCUT2D eigenvalue weighted by Gasteiger charge is -2.38. The normalized spacial score (nSPS) is 25.5. The van der Waals surface area contributed by atoms with Crippen molar-refractivity contribution in [2.75, 3.05) is 50.7 Å². The monoisotopic (exact) mass is 371 g/mol. The number of hydrogen-bond donors (Lipinski definition) is 2. The maximum atomic E-state index is 12.1. The molecule has 0 spiro atoms. The highest BCUT2D eigenvalue weighted by atomic mass is 16.2. The molecule has 0 radical (unpaired) electrons. The van der Waals surface area contributed by atoms with Gasteiger partial charge in [0.05, 0.1) is 11.6 Å². The number of piperidine rings is 2. The van der Waals surface area contributed by atoms with E-state index < -0.39 is 0 Å². The van der Waals surface area contributed by atoms with Gasteiger partial charge >= 0.3 is 0 Å². The van der Waals surface area contributed by atoms with Crippen molar-refractivity contribution in [3.63, 3.8) is 0 Å². The summed E-state index contributed by atoms with van der Waals surface area (Å²) in [6.07, 6.45) is 3.51. The van der Waals surface area contributed by atoms with Crippen molar-refractivity contribution in [3.05, 3.63) is 23.9 Å². The standard InChI is InChI=1S/C20H29N5O2/c26-19-5-4-16(20(27)23-19)17-2-1-3-18(22-17)25-12-10-24(11-13-25)14-15-6-8-21-9-7-15/h1-3,15-16,21H,4-14H2,(H,23,26,27). The fourth-order valence-corrected chi connectivity index (χ4v) is 4.37. The number of carbonyl (C=O) groups excluding carboxylic acids is 2. The van der Waals surface area contributed by atoms with E-state index in [1.165, 1.54) is 19.4 Å². The van der Waals surface area contributed by atoms with E-state index in [0.29, 0.717) is 12.8 Å². The zero-order chi connectivity index (χ0) is 18.6. The van der Waals surface area contributed by atoms with E-state index in [1.807, 2.05) is 18.2 Å². The molecular formula is C20H29N5O2. The summed E-state index contributed by atoms with van der Waals surface area (Å²) in [5, 5.41) is 5.86. The molecule has 2 amide bonds. The highest BCUT2D eigenvalue weighted by molar-refractivity contribution is 6.00. The smallest absolute Gasteiger partial charge is 0.235 e. The quantitative estimate of drug-likeness (QED) is 0.760. The Bertz CT molecular complexity index is 681. The molecule has 3 fully saturated rings. The zero-order valence-electron chi connectivity index (χ0n) is 15.8. The molecule has 7 heteroatoms. The Kier molecular flexibility index (Phi) is 5.69. The van der Waals surface area contributed by atoms with E-state index in [-0.39, 0.29) is 17.7 Å². The van der Waals surface area contributed by atoms with Gasteiger partial charge in [-0.3, -0.25) is 19.8 Å². The maximum absolute atomic E-state index is 12.1. The molecule has 1 aromatic heterocycles. The summed E-state index contributed by atoms with van der Waals surface area (Å²) < 4.78 is 0. The second-order valence-electron chi connectivity index (χ2n) is 7.91. The summed E-state index contributed by atoms with van der Waals surface area (Å²) in [5.41, 5.74) is 0.773. The average Bonchev–Trinajstić information content (AvgIpc) is 2.69. The zero-order valence-corrected chi connectivity index (χ0v) is 15.8. The van der Waals surface area contributed by atoms with Gasteiger partial charge in [-0.1, -0.05) is 6.07 Å². The summed E-state index contributed by atoms with van der Waals surface area (Å²) in [4.78, 5) is 33.2. The molecule has 0 aliphatic carbocycles. The maximum Gasteiger partial charge on any atom is 0.235 e. The molecule has 1 unspecified atom stereocenters. The number of hydrogen-bond acceptors (Lipinski definition) is 6. The van der Waals surface area contributed by atoms with Gasteiger partial charge in [-0.15, -0.1) is 0 Å². The fourth-order valence-electron chi connectivity index (χ4n) is 4.37. The Balaban J connectivity index is 1.34. The van der Waals surface area contributed by atoms with Gasteiger partial charge < -0.3 is 10.2 Å². The minimum atomic E-state index is -0.316. The predicted molar refractivity (Wildman–Crippen MR) is 104 cm³/mol. The Morgan fingerprint density at radius 2 is 1.81 bits per heavy atom. The van der Waals surface area contributed by atoms with E-state index in [2.05, 4.69) is 20.4 Å². The number of nitrogens with zero attached hydrogens (tertiary/aromatic N) is 3. The van der Waals surface area contributed by atoms with Crippen molar-refractivity contribution < 1.29 is 9.59 Å². The Morgan fingerprint density at radius 3 is 2.56 bits per heavy atom. The lowest BCUT2D eigenvalue weighted by molar-refractivity contribution is -0.134. The molecule has 0 saturated carbocycles. The van der Waals surface area contributed by atoms with Crippen molar-refractivity contribution in [1.29, 1.82) is 0 Å². The van der Waals surface area contributed by atoms with Gasteiger partial charge in [0.25, 0.3) is 0 Å². The minimum absolute atomic E-state index is 0.183. The van der Waals surface area contributed by atoms with Crippen LogP contribution in [0, 0.1) is 5.92 Å². The summed E-state index contributed by atoms with van der Waals surface area (Å²) in [5.74, 6) is 1.05. The molecule has 0 aromatic carbocycles. The lowest BCUT2D eigenvalue weighted by Crippen LogP contribution is -2.49. The van der Waals surface area contributed by atoms with Crippen LogP contribution in [0.2, 0.25) is 0 Å². The Morgan fingerprint density at radius 1 is 1.04 bits per heavy atom. The first kappa shape index (κ1) is 18.4. The fraction of sp³-hybridized carbons (Fsp3) is 0.650. The van der Waals surface area contributed by atoms with Crippen LogP contribution in [-0.4, -0.2) is 67.5 Å². The number of aromatic nitrogens is 1. The van der Waals surface area contributed by atoms with Crippen LogP contribution in [0.25, 0.3) is 0 Å². The van der Waals surface area contributed by atoms with Gasteiger partial charge in [0.15, 0.2) is 0 Å². The number of rotatable bonds is 4. The molecule has 27 heavy (non-hydrogen) atoms. The van der Waals surface area contributed by atoms with E-state index >= 15 is 0 Å². The second kappa shape index (κ2) is 8.35. The highest BCUT2D eigenvalue weighted by Gasteiger charge is 2.29. The molecule has 7 nitrogen and oxygen atoms in total. The molecule has 3 aliphatic rings. The number of pyridine rings is 1. The van der Waals surface area contributed by atoms with Crippen molar-refractivity contribution in [3.8, 4) is 0 Å². The first-order valence-corrected chi connectivity index (χ1v) is 10.2. The Hall–Kier alpha value is -1.99. The Labute approximate surface area is 160 Å². The number of anilines is 1. The third-order valence-electron chi connectivity index (χ3n) is 6.02. The first-order valence-electron chi connectivity index (χ1n) is 10.2. The van der Waals surface area contributed by atoms with Gasteiger partial charge in [-0.05, 0) is 50.4 Å². The summed E-state index contributed by atoms with van der Waals surface area (Å²) in [6.45, 7) is 7.58. The molecule has 3 saturated heterocycles. The van der Waals surface area contributed by atoms with Gasteiger partial charge in [0.1, 0.15) is 5.82 Å². The predicted octanol–water partition coefficient (Wildman–Crippen LogP) is 0.723. The second-order valence-corrected chi connectivity index (χ2v) is 7.91. The topological polar surface area (TPSA) is 77.6 Å². The average molecular weight is 371 g/mol. The van der Waals surface area contributed by atoms with E-state index in [1.54, 1.807) is 0 Å². The van der Waals surface area contributed by atoms with Crippen LogP contribution in [0.15, 0.2) is 18.2 Å². The molecule has 1 aromatic rings. The third-order valence-corrected chi connectivity index (χ3v) is 6.02. The van der Waals surface area contributed by atoms with Crippen LogP contribution in [0.3, 0.4) is 0 Å². The third kappa shape index (κ3) is 4.47. The van der Waals surface area contributed by atoms with Gasteiger partial charge in [0, 0.05) is 39.1 Å². The molecule has 2 N–H and O–H groups in total. The van der Waals surface area contributed by atoms with Gasteiger partial charge in [-0.2, -0.15) is 0 Å². The van der Waals surface area contributed by atoms with E-state index in [9.17, 15) is 9.59 Å². The van der Waals surface area contributed by atoms with Crippen molar-refractivity contribution in [2.24, 2.45) is 5.92 Å². The largest absolute Gasteiger partial charge is 0.354 e. The molecule has 4 rings (SSSR count). The summed E-state index contributed by atoms with van der Waals surface area (Å²) >= 11 is 0. The molecule has 1 atom stereocenters. The summed E-state index contributed by atoms with van der Waals surface area (Å²) in [6, 6.07) is 5.90. The molecule has 4 heterocycles. The number of piperazine rings is 1. The molecule has 146 valence electrons. The number of amides is 2. The SMILES string of the molecule is O=C1CCC(c2cccc(N3CCN(CC4CCNCC4)CC3)n2)C(=O)N1. The molecular weight excluding hydrogens is 342 g/mol. The minimum Gasteiger partial charge on any atom is -0.354 e. The number of carbonyl (C=O) groups is 2. The highest BCUT2D eigenvalue weighted by Crippen LogP contribution is 2.25. The van der Waals surface area contributed by atoms with Crippen LogP contribution in [0.1, 0.15) is 37.3 Å². The lowest BCUT2D eigenvalue weighted by atomic mass is 9.94. The van der Waals surface area contributed by atoms with Gasteiger partial charge in [-0.25, -0.2) is 4.98 Å². The molecule has 3 aliphatic heterocycles. The van der Waals surface area contributed by atoms with Crippen LogP contribution < -0.4 is 15.5 Å². The van der Waals surface area contributed by atoms with Gasteiger partial charge in [0.2, 0.25) is 11.8 Å². The molecule has 0 bridgehead atoms. The summed E-state index contributed by atoms with van der Waals surface area (Å²) in [7, 11) is 0. The van der Waals surface area contributed by atoms with Crippen LogP contribution in [-0.2, 0) is 9.59 Å². The van der Waals surface area contributed by atoms with Crippen molar-refractivity contribution >= 4 is 17.6 Å². The van der Waals surface area contributed by atoms with Crippen molar-refractivity contribution in [1.82, 2.24) is 20.5 Å².